The van der Waals surface area contributed by atoms with Gasteiger partial charge in [0.1, 0.15) is 5.82 Å². The molecule has 1 fully saturated rings. The van der Waals surface area contributed by atoms with Crippen molar-refractivity contribution in [3.8, 4) is 0 Å². The fourth-order valence-electron chi connectivity index (χ4n) is 2.34. The van der Waals surface area contributed by atoms with Crippen LogP contribution in [0.4, 0.5) is 10.1 Å². The molecule has 0 radical (unpaired) electrons. The minimum absolute atomic E-state index is 0.0356. The summed E-state index contributed by atoms with van der Waals surface area (Å²) in [7, 11) is 0. The molecule has 0 aliphatic carbocycles. The lowest BCUT2D eigenvalue weighted by atomic mass is 10.2. The fraction of sp³-hybridized carbons (Fsp3) is 0.467. The number of hydrogen-bond donors (Lipinski definition) is 1. The standard InChI is InChI=1S/C15H19FN2O2/c1-11-9-12(16)6-7-13(11)17-14(19)10-18-8-4-2-3-5-15(18)20/h6-7,9H,2-5,8,10H2,1H3,(H,17,19). The predicted octanol–water partition coefficient (Wildman–Crippen LogP) is 2.48. The molecular formula is C15H19FN2O2. The van der Waals surface area contributed by atoms with Gasteiger partial charge in [0, 0.05) is 18.7 Å². The van der Waals surface area contributed by atoms with Gasteiger partial charge in [0.05, 0.1) is 6.54 Å². The number of carbonyl (C=O) groups is 2. The van der Waals surface area contributed by atoms with Gasteiger partial charge < -0.3 is 10.2 Å². The van der Waals surface area contributed by atoms with E-state index in [1.165, 1.54) is 18.2 Å². The molecule has 5 heteroatoms. The summed E-state index contributed by atoms with van der Waals surface area (Å²) in [5.74, 6) is -0.536. The number of halogens is 1. The second kappa shape index (κ2) is 6.50. The minimum atomic E-state index is -0.330. The van der Waals surface area contributed by atoms with Gasteiger partial charge in [0.15, 0.2) is 0 Å². The molecule has 1 saturated heterocycles. The van der Waals surface area contributed by atoms with Crippen molar-refractivity contribution in [1.29, 1.82) is 0 Å². The zero-order valence-corrected chi connectivity index (χ0v) is 11.6. The molecule has 0 saturated carbocycles. The average Bonchev–Trinajstić information content (AvgIpc) is 2.59. The molecule has 0 atom stereocenters. The Labute approximate surface area is 118 Å². The molecule has 108 valence electrons. The third kappa shape index (κ3) is 3.79. The molecule has 1 aliphatic rings. The predicted molar refractivity (Wildman–Crippen MR) is 74.8 cm³/mol. The third-order valence-corrected chi connectivity index (χ3v) is 3.47. The van der Waals surface area contributed by atoms with E-state index in [-0.39, 0.29) is 24.2 Å². The molecule has 20 heavy (non-hydrogen) atoms. The first-order valence-electron chi connectivity index (χ1n) is 6.90. The Kier molecular flexibility index (Phi) is 4.71. The van der Waals surface area contributed by atoms with E-state index in [1.807, 2.05) is 0 Å². The van der Waals surface area contributed by atoms with Crippen LogP contribution in [0, 0.1) is 12.7 Å². The van der Waals surface area contributed by atoms with E-state index in [1.54, 1.807) is 11.8 Å². The smallest absolute Gasteiger partial charge is 0.244 e. The van der Waals surface area contributed by atoms with Gasteiger partial charge in [-0.1, -0.05) is 6.42 Å². The second-order valence-corrected chi connectivity index (χ2v) is 5.13. The van der Waals surface area contributed by atoms with Crippen molar-refractivity contribution in [3.05, 3.63) is 29.6 Å². The highest BCUT2D eigenvalue weighted by atomic mass is 19.1. The number of carbonyl (C=O) groups excluding carboxylic acids is 2. The highest BCUT2D eigenvalue weighted by Gasteiger charge is 2.19. The number of rotatable bonds is 3. The first-order valence-corrected chi connectivity index (χ1v) is 6.90. The highest BCUT2D eigenvalue weighted by molar-refractivity contribution is 5.95. The Hall–Kier alpha value is -1.91. The number of benzene rings is 1. The summed E-state index contributed by atoms with van der Waals surface area (Å²) in [6.07, 6.45) is 3.38. The molecule has 0 unspecified atom stereocenters. The van der Waals surface area contributed by atoms with Gasteiger partial charge in [-0.3, -0.25) is 9.59 Å². The summed E-state index contributed by atoms with van der Waals surface area (Å²) < 4.78 is 13.0. The molecule has 1 N–H and O–H groups in total. The number of nitrogens with zero attached hydrogens (tertiary/aromatic N) is 1. The molecule has 2 rings (SSSR count). The third-order valence-electron chi connectivity index (χ3n) is 3.47. The number of nitrogens with one attached hydrogen (secondary N) is 1. The molecule has 1 aliphatic heterocycles. The van der Waals surface area contributed by atoms with Crippen molar-refractivity contribution < 1.29 is 14.0 Å². The maximum atomic E-state index is 13.0. The summed E-state index contributed by atoms with van der Waals surface area (Å²) in [6, 6.07) is 4.21. The number of hydrogen-bond acceptors (Lipinski definition) is 2. The normalized spacial score (nSPS) is 15.9. The minimum Gasteiger partial charge on any atom is -0.333 e. The Bertz CT molecular complexity index is 517. The average molecular weight is 278 g/mol. The summed E-state index contributed by atoms with van der Waals surface area (Å²) in [4.78, 5) is 25.4. The Morgan fingerprint density at radius 3 is 2.90 bits per heavy atom. The molecule has 0 bridgehead atoms. The van der Waals surface area contributed by atoms with E-state index < -0.39 is 0 Å². The SMILES string of the molecule is Cc1cc(F)ccc1NC(=O)CN1CCCCCC1=O. The van der Waals surface area contributed by atoms with E-state index in [0.717, 1.165) is 19.3 Å². The number of aryl methyl sites for hydroxylation is 1. The number of anilines is 1. The summed E-state index contributed by atoms with van der Waals surface area (Å²) in [5.41, 5.74) is 1.25. The molecule has 1 aromatic rings. The van der Waals surface area contributed by atoms with Crippen molar-refractivity contribution in [2.24, 2.45) is 0 Å². The Morgan fingerprint density at radius 1 is 1.35 bits per heavy atom. The van der Waals surface area contributed by atoms with E-state index in [2.05, 4.69) is 5.32 Å². The van der Waals surface area contributed by atoms with Crippen molar-refractivity contribution in [1.82, 2.24) is 4.90 Å². The molecule has 0 aromatic heterocycles. The van der Waals surface area contributed by atoms with Crippen LogP contribution in [0.3, 0.4) is 0 Å². The summed E-state index contributed by atoms with van der Waals surface area (Å²) >= 11 is 0. The zero-order valence-electron chi connectivity index (χ0n) is 11.6. The van der Waals surface area contributed by atoms with Gasteiger partial charge in [0.25, 0.3) is 0 Å². The fourth-order valence-corrected chi connectivity index (χ4v) is 2.34. The number of amides is 2. The lowest BCUT2D eigenvalue weighted by Crippen LogP contribution is -2.37. The van der Waals surface area contributed by atoms with E-state index in [9.17, 15) is 14.0 Å². The van der Waals surface area contributed by atoms with Crippen molar-refractivity contribution in [3.63, 3.8) is 0 Å². The van der Waals surface area contributed by atoms with Crippen molar-refractivity contribution >= 4 is 17.5 Å². The van der Waals surface area contributed by atoms with Crippen LogP contribution in [0.15, 0.2) is 18.2 Å². The molecule has 1 heterocycles. The van der Waals surface area contributed by atoms with E-state index >= 15 is 0 Å². The van der Waals surface area contributed by atoms with Crippen LogP contribution in [-0.2, 0) is 9.59 Å². The maximum Gasteiger partial charge on any atom is 0.244 e. The van der Waals surface area contributed by atoms with Crippen molar-refractivity contribution in [2.45, 2.75) is 32.6 Å². The van der Waals surface area contributed by atoms with E-state index in [0.29, 0.717) is 24.2 Å². The molecule has 2 amide bonds. The highest BCUT2D eigenvalue weighted by Crippen LogP contribution is 2.16. The molecular weight excluding hydrogens is 259 g/mol. The largest absolute Gasteiger partial charge is 0.333 e. The van der Waals surface area contributed by atoms with Crippen LogP contribution in [0.5, 0.6) is 0 Å². The van der Waals surface area contributed by atoms with Crippen LogP contribution in [-0.4, -0.2) is 29.8 Å². The van der Waals surface area contributed by atoms with Gasteiger partial charge in [-0.05, 0) is 43.5 Å². The number of likely N-dealkylation sites (tertiary alicyclic amines) is 1. The van der Waals surface area contributed by atoms with Gasteiger partial charge in [-0.2, -0.15) is 0 Å². The van der Waals surface area contributed by atoms with Crippen molar-refractivity contribution in [2.75, 3.05) is 18.4 Å². The van der Waals surface area contributed by atoms with Gasteiger partial charge >= 0.3 is 0 Å². The molecule has 1 aromatic carbocycles. The second-order valence-electron chi connectivity index (χ2n) is 5.13. The van der Waals surface area contributed by atoms with E-state index in [4.69, 9.17) is 0 Å². The Morgan fingerprint density at radius 2 is 2.15 bits per heavy atom. The van der Waals surface area contributed by atoms with Gasteiger partial charge in [-0.15, -0.1) is 0 Å². The Balaban J connectivity index is 1.96. The monoisotopic (exact) mass is 278 g/mol. The summed E-state index contributed by atoms with van der Waals surface area (Å²) in [6.45, 7) is 2.43. The van der Waals surface area contributed by atoms with Gasteiger partial charge in [-0.25, -0.2) is 4.39 Å². The topological polar surface area (TPSA) is 49.4 Å². The lowest BCUT2D eigenvalue weighted by molar-refractivity contribution is -0.134. The van der Waals surface area contributed by atoms with Crippen LogP contribution in [0.25, 0.3) is 0 Å². The maximum absolute atomic E-state index is 13.0. The van der Waals surface area contributed by atoms with Crippen LogP contribution >= 0.6 is 0 Å². The quantitative estimate of drug-likeness (QED) is 0.923. The molecule has 0 spiro atoms. The first kappa shape index (κ1) is 14.5. The van der Waals surface area contributed by atoms with Crippen LogP contribution < -0.4 is 5.32 Å². The lowest BCUT2D eigenvalue weighted by Gasteiger charge is -2.20. The first-order chi connectivity index (χ1) is 9.56. The van der Waals surface area contributed by atoms with Crippen LogP contribution in [0.1, 0.15) is 31.2 Å². The van der Waals surface area contributed by atoms with Gasteiger partial charge in [0.2, 0.25) is 11.8 Å². The summed E-state index contributed by atoms with van der Waals surface area (Å²) in [5, 5.41) is 2.73. The zero-order chi connectivity index (χ0) is 14.5. The molecule has 4 nitrogen and oxygen atoms in total. The van der Waals surface area contributed by atoms with Crippen LogP contribution in [0.2, 0.25) is 0 Å².